The molecule has 0 bridgehead atoms. The van der Waals surface area contributed by atoms with Crippen molar-refractivity contribution in [3.8, 4) is 0 Å². The van der Waals surface area contributed by atoms with Gasteiger partial charge in [0.1, 0.15) is 11.9 Å². The molecule has 0 unspecified atom stereocenters. The number of carbonyl (C=O) groups is 2. The molecule has 19 heavy (non-hydrogen) atoms. The van der Waals surface area contributed by atoms with Gasteiger partial charge in [0.05, 0.1) is 12.7 Å². The summed E-state index contributed by atoms with van der Waals surface area (Å²) in [6.07, 6.45) is 0. The van der Waals surface area contributed by atoms with E-state index in [2.05, 4.69) is 10.1 Å². The lowest BCUT2D eigenvalue weighted by atomic mass is 10.0. The van der Waals surface area contributed by atoms with E-state index in [1.165, 1.54) is 19.2 Å². The quantitative estimate of drug-likeness (QED) is 0.865. The van der Waals surface area contributed by atoms with Gasteiger partial charge in [-0.05, 0) is 24.1 Å². The number of esters is 1. The highest BCUT2D eigenvalue weighted by molar-refractivity contribution is 6.31. The van der Waals surface area contributed by atoms with Crippen LogP contribution in [-0.2, 0) is 9.53 Å². The Kier molecular flexibility index (Phi) is 5.30. The molecular formula is C13H15ClFNO3. The predicted octanol–water partition coefficient (Wildman–Crippen LogP) is 2.41. The fourth-order valence-corrected chi connectivity index (χ4v) is 1.69. The Balaban J connectivity index is 2.94. The first-order valence-electron chi connectivity index (χ1n) is 5.70. The molecule has 1 atom stereocenters. The first kappa shape index (κ1) is 15.4. The molecule has 1 N–H and O–H groups in total. The van der Waals surface area contributed by atoms with Crippen LogP contribution in [0, 0.1) is 11.7 Å². The van der Waals surface area contributed by atoms with Gasteiger partial charge in [0.25, 0.3) is 5.91 Å². The van der Waals surface area contributed by atoms with Gasteiger partial charge in [-0.25, -0.2) is 9.18 Å². The van der Waals surface area contributed by atoms with Crippen molar-refractivity contribution in [2.24, 2.45) is 5.92 Å². The Labute approximate surface area is 115 Å². The maximum Gasteiger partial charge on any atom is 0.328 e. The minimum atomic E-state index is -0.837. The molecule has 0 saturated heterocycles. The van der Waals surface area contributed by atoms with Gasteiger partial charge in [0.2, 0.25) is 0 Å². The monoisotopic (exact) mass is 287 g/mol. The van der Waals surface area contributed by atoms with E-state index >= 15 is 0 Å². The first-order chi connectivity index (χ1) is 8.86. The van der Waals surface area contributed by atoms with Gasteiger partial charge in [-0.15, -0.1) is 0 Å². The standard InChI is InChI=1S/C13H15ClFNO3/c1-7(2)11(13(18)19-3)16-12(17)9-6-8(14)4-5-10(9)15/h4-7,11H,1-3H3,(H,16,17)/t11-/m0/s1. The fraction of sp³-hybridized carbons (Fsp3) is 0.385. The SMILES string of the molecule is COC(=O)[C@@H](NC(=O)c1cc(Cl)ccc1F)C(C)C. The number of carbonyl (C=O) groups excluding carboxylic acids is 2. The highest BCUT2D eigenvalue weighted by atomic mass is 35.5. The highest BCUT2D eigenvalue weighted by Gasteiger charge is 2.26. The molecule has 1 aromatic rings. The third kappa shape index (κ3) is 3.92. The topological polar surface area (TPSA) is 55.4 Å². The van der Waals surface area contributed by atoms with Crippen molar-refractivity contribution in [2.45, 2.75) is 19.9 Å². The molecule has 0 fully saturated rings. The summed E-state index contributed by atoms with van der Waals surface area (Å²) in [6, 6.07) is 2.81. The van der Waals surface area contributed by atoms with E-state index in [9.17, 15) is 14.0 Å². The molecule has 0 spiro atoms. The molecule has 0 heterocycles. The lowest BCUT2D eigenvalue weighted by molar-refractivity contribution is -0.144. The van der Waals surface area contributed by atoms with Crippen molar-refractivity contribution < 1.29 is 18.7 Å². The molecule has 6 heteroatoms. The van der Waals surface area contributed by atoms with Crippen molar-refractivity contribution in [2.75, 3.05) is 7.11 Å². The Hall–Kier alpha value is -1.62. The molecule has 1 aromatic carbocycles. The number of ether oxygens (including phenoxy) is 1. The third-order valence-electron chi connectivity index (χ3n) is 2.58. The second kappa shape index (κ2) is 6.52. The molecule has 4 nitrogen and oxygen atoms in total. The summed E-state index contributed by atoms with van der Waals surface area (Å²) in [4.78, 5) is 23.5. The summed E-state index contributed by atoms with van der Waals surface area (Å²) in [6.45, 7) is 3.49. The maximum absolute atomic E-state index is 13.5. The Morgan fingerprint density at radius 1 is 1.37 bits per heavy atom. The summed E-state index contributed by atoms with van der Waals surface area (Å²) >= 11 is 5.71. The molecule has 0 aliphatic heterocycles. The van der Waals surface area contributed by atoms with Gasteiger partial charge in [0, 0.05) is 5.02 Å². The Morgan fingerprint density at radius 3 is 2.53 bits per heavy atom. The number of rotatable bonds is 4. The van der Waals surface area contributed by atoms with Gasteiger partial charge < -0.3 is 10.1 Å². The number of halogens is 2. The van der Waals surface area contributed by atoms with Crippen LogP contribution in [0.3, 0.4) is 0 Å². The van der Waals surface area contributed by atoms with E-state index < -0.39 is 23.7 Å². The van der Waals surface area contributed by atoms with Crippen LogP contribution in [0.4, 0.5) is 4.39 Å². The van der Waals surface area contributed by atoms with E-state index in [4.69, 9.17) is 11.6 Å². The lowest BCUT2D eigenvalue weighted by Gasteiger charge is -2.19. The van der Waals surface area contributed by atoms with Crippen molar-refractivity contribution in [3.05, 3.63) is 34.6 Å². The molecule has 0 radical (unpaired) electrons. The van der Waals surface area contributed by atoms with Crippen molar-refractivity contribution >= 4 is 23.5 Å². The summed E-state index contributed by atoms with van der Waals surface area (Å²) in [5.74, 6) is -2.16. The smallest absolute Gasteiger partial charge is 0.328 e. The van der Waals surface area contributed by atoms with E-state index in [-0.39, 0.29) is 16.5 Å². The van der Waals surface area contributed by atoms with Gasteiger partial charge in [-0.2, -0.15) is 0 Å². The van der Waals surface area contributed by atoms with E-state index in [1.807, 2.05) is 0 Å². The number of methoxy groups -OCH3 is 1. The largest absolute Gasteiger partial charge is 0.467 e. The predicted molar refractivity (Wildman–Crippen MR) is 69.5 cm³/mol. The van der Waals surface area contributed by atoms with Crippen LogP contribution in [0.1, 0.15) is 24.2 Å². The molecule has 0 aromatic heterocycles. The number of hydrogen-bond donors (Lipinski definition) is 1. The van der Waals surface area contributed by atoms with Gasteiger partial charge >= 0.3 is 5.97 Å². The van der Waals surface area contributed by atoms with Gasteiger partial charge in [-0.3, -0.25) is 4.79 Å². The zero-order chi connectivity index (χ0) is 14.6. The Morgan fingerprint density at radius 2 is 2.00 bits per heavy atom. The summed E-state index contributed by atoms with van der Waals surface area (Å²) < 4.78 is 18.1. The normalized spacial score (nSPS) is 12.1. The zero-order valence-corrected chi connectivity index (χ0v) is 11.6. The van der Waals surface area contributed by atoms with Crippen LogP contribution in [-0.4, -0.2) is 25.0 Å². The number of amides is 1. The summed E-state index contributed by atoms with van der Waals surface area (Å²) in [7, 11) is 1.23. The summed E-state index contributed by atoms with van der Waals surface area (Å²) in [5.41, 5.74) is -0.206. The van der Waals surface area contributed by atoms with Crippen LogP contribution in [0.2, 0.25) is 5.02 Å². The van der Waals surface area contributed by atoms with Crippen molar-refractivity contribution in [1.29, 1.82) is 0 Å². The highest BCUT2D eigenvalue weighted by Crippen LogP contribution is 2.15. The zero-order valence-electron chi connectivity index (χ0n) is 10.9. The number of nitrogens with one attached hydrogen (secondary N) is 1. The van der Waals surface area contributed by atoms with Crippen LogP contribution in [0.25, 0.3) is 0 Å². The van der Waals surface area contributed by atoms with Gasteiger partial charge in [0.15, 0.2) is 0 Å². The number of hydrogen-bond acceptors (Lipinski definition) is 3. The molecule has 1 rings (SSSR count). The fourth-order valence-electron chi connectivity index (χ4n) is 1.52. The molecule has 0 aliphatic carbocycles. The van der Waals surface area contributed by atoms with E-state index in [0.29, 0.717) is 0 Å². The van der Waals surface area contributed by atoms with Gasteiger partial charge in [-0.1, -0.05) is 25.4 Å². The molecular weight excluding hydrogens is 273 g/mol. The van der Waals surface area contributed by atoms with Crippen LogP contribution in [0.15, 0.2) is 18.2 Å². The first-order valence-corrected chi connectivity index (χ1v) is 6.08. The minimum absolute atomic E-state index is 0.182. The maximum atomic E-state index is 13.5. The Bertz CT molecular complexity index is 491. The van der Waals surface area contributed by atoms with Crippen molar-refractivity contribution in [3.63, 3.8) is 0 Å². The lowest BCUT2D eigenvalue weighted by Crippen LogP contribution is -2.45. The third-order valence-corrected chi connectivity index (χ3v) is 2.82. The molecule has 1 amide bonds. The average Bonchev–Trinajstić information content (AvgIpc) is 2.37. The second-order valence-corrected chi connectivity index (χ2v) is 4.78. The summed E-state index contributed by atoms with van der Waals surface area (Å²) in [5, 5.41) is 2.68. The van der Waals surface area contributed by atoms with Crippen LogP contribution in [0.5, 0.6) is 0 Å². The molecule has 0 saturated carbocycles. The molecule has 104 valence electrons. The van der Waals surface area contributed by atoms with E-state index in [1.54, 1.807) is 13.8 Å². The van der Waals surface area contributed by atoms with Crippen LogP contribution < -0.4 is 5.32 Å². The average molecular weight is 288 g/mol. The second-order valence-electron chi connectivity index (χ2n) is 4.34. The number of benzene rings is 1. The molecule has 0 aliphatic rings. The minimum Gasteiger partial charge on any atom is -0.467 e. The van der Waals surface area contributed by atoms with Crippen LogP contribution >= 0.6 is 11.6 Å². The van der Waals surface area contributed by atoms with E-state index in [0.717, 1.165) is 6.07 Å². The van der Waals surface area contributed by atoms with Crippen molar-refractivity contribution in [1.82, 2.24) is 5.32 Å².